The fourth-order valence-corrected chi connectivity index (χ4v) is 2.20. The lowest BCUT2D eigenvalue weighted by atomic mass is 9.90. The second kappa shape index (κ2) is 8.29. The molecule has 0 bridgehead atoms. The van der Waals surface area contributed by atoms with Crippen LogP contribution in [0.3, 0.4) is 0 Å². The van der Waals surface area contributed by atoms with Crippen LogP contribution in [-0.2, 0) is 4.79 Å². The predicted molar refractivity (Wildman–Crippen MR) is 99.2 cm³/mol. The van der Waals surface area contributed by atoms with Gasteiger partial charge in [0.05, 0.1) is 5.41 Å². The zero-order valence-electron chi connectivity index (χ0n) is 14.8. The number of carboxylic acids is 1. The van der Waals surface area contributed by atoms with Gasteiger partial charge in [-0.05, 0) is 56.7 Å². The van der Waals surface area contributed by atoms with E-state index in [1.165, 1.54) is 0 Å². The molecule has 3 N–H and O–H groups in total. The van der Waals surface area contributed by atoms with Gasteiger partial charge in [0.1, 0.15) is 0 Å². The van der Waals surface area contributed by atoms with Crippen molar-refractivity contribution < 1.29 is 19.5 Å². The number of aliphatic carboxylic acids is 1. The number of carbonyl (C=O) groups is 3. The lowest BCUT2D eigenvalue weighted by Crippen LogP contribution is -2.31. The number of hydrogen-bond donors (Lipinski definition) is 3. The summed E-state index contributed by atoms with van der Waals surface area (Å²) in [4.78, 5) is 35.3. The van der Waals surface area contributed by atoms with Crippen LogP contribution in [0, 0.1) is 5.41 Å². The van der Waals surface area contributed by atoms with Crippen LogP contribution in [0.2, 0.25) is 0 Å². The molecule has 0 aliphatic heterocycles. The van der Waals surface area contributed by atoms with Gasteiger partial charge in [-0.25, -0.2) is 0 Å². The molecule has 6 heteroatoms. The fraction of sp³-hybridized carbons (Fsp3) is 0.250. The molecule has 0 atom stereocenters. The van der Waals surface area contributed by atoms with Gasteiger partial charge in [-0.2, -0.15) is 0 Å². The predicted octanol–water partition coefficient (Wildman–Crippen LogP) is 3.17. The van der Waals surface area contributed by atoms with Crippen molar-refractivity contribution in [1.29, 1.82) is 0 Å². The summed E-state index contributed by atoms with van der Waals surface area (Å²) in [5.74, 6) is -1.46. The molecule has 0 spiro atoms. The Hall–Kier alpha value is -3.15. The number of para-hydroxylation sites is 1. The summed E-state index contributed by atoms with van der Waals surface area (Å²) in [5.41, 5.74) is 0.652. The van der Waals surface area contributed by atoms with Gasteiger partial charge in [-0.15, -0.1) is 0 Å². The first kappa shape index (κ1) is 19.2. The Morgan fingerprint density at radius 3 is 1.96 bits per heavy atom. The van der Waals surface area contributed by atoms with E-state index < -0.39 is 11.4 Å². The summed E-state index contributed by atoms with van der Waals surface area (Å²) in [5, 5.41) is 14.5. The van der Waals surface area contributed by atoms with Crippen LogP contribution < -0.4 is 10.6 Å². The quantitative estimate of drug-likeness (QED) is 0.712. The molecule has 2 aromatic carbocycles. The molecule has 0 aliphatic rings. The van der Waals surface area contributed by atoms with E-state index >= 15 is 0 Å². The van der Waals surface area contributed by atoms with Gasteiger partial charge in [0.15, 0.2) is 0 Å². The third-order valence-corrected chi connectivity index (χ3v) is 4.06. The normalized spacial score (nSPS) is 10.8. The maximum absolute atomic E-state index is 12.2. The summed E-state index contributed by atoms with van der Waals surface area (Å²) < 4.78 is 0. The highest BCUT2D eigenvalue weighted by Crippen LogP contribution is 2.19. The molecule has 2 rings (SSSR count). The Morgan fingerprint density at radius 2 is 1.42 bits per heavy atom. The Labute approximate surface area is 152 Å². The lowest BCUT2D eigenvalue weighted by Gasteiger charge is -2.18. The van der Waals surface area contributed by atoms with Crippen molar-refractivity contribution >= 4 is 23.5 Å². The Morgan fingerprint density at radius 1 is 0.885 bits per heavy atom. The van der Waals surface area contributed by atoms with Gasteiger partial charge in [0.25, 0.3) is 11.8 Å². The maximum atomic E-state index is 12.2. The van der Waals surface area contributed by atoms with Crippen molar-refractivity contribution in [1.82, 2.24) is 5.32 Å². The summed E-state index contributed by atoms with van der Waals surface area (Å²) in [7, 11) is 0. The van der Waals surface area contributed by atoms with Crippen LogP contribution in [0.1, 0.15) is 41.0 Å². The molecular weight excluding hydrogens is 332 g/mol. The highest BCUT2D eigenvalue weighted by atomic mass is 16.4. The third-order valence-electron chi connectivity index (χ3n) is 4.06. The van der Waals surface area contributed by atoms with Crippen molar-refractivity contribution in [2.45, 2.75) is 20.3 Å². The first-order chi connectivity index (χ1) is 12.3. The monoisotopic (exact) mass is 354 g/mol. The minimum Gasteiger partial charge on any atom is -0.481 e. The average Bonchev–Trinajstić information content (AvgIpc) is 2.62. The van der Waals surface area contributed by atoms with Crippen LogP contribution in [0.15, 0.2) is 54.6 Å². The molecule has 0 aliphatic carbocycles. The third kappa shape index (κ3) is 5.17. The molecule has 6 nitrogen and oxygen atoms in total. The van der Waals surface area contributed by atoms with Crippen molar-refractivity contribution in [2.75, 3.05) is 11.9 Å². The van der Waals surface area contributed by atoms with Gasteiger partial charge >= 0.3 is 5.97 Å². The highest BCUT2D eigenvalue weighted by Gasteiger charge is 2.26. The van der Waals surface area contributed by atoms with E-state index in [1.807, 2.05) is 18.2 Å². The average molecular weight is 354 g/mol. The van der Waals surface area contributed by atoms with Crippen LogP contribution >= 0.6 is 0 Å². The summed E-state index contributed by atoms with van der Waals surface area (Å²) in [6, 6.07) is 15.4. The number of carboxylic acid groups (broad SMARTS) is 1. The fourth-order valence-electron chi connectivity index (χ4n) is 2.20. The molecule has 0 unspecified atom stereocenters. The number of benzene rings is 2. The Bertz CT molecular complexity index is 783. The standard InChI is InChI=1S/C20H22N2O4/c1-20(2,19(25)26)12-13-21-17(23)14-8-10-15(11-9-14)18(24)22-16-6-4-3-5-7-16/h3-11H,12-13H2,1-2H3,(H,21,23)(H,22,24)(H,25,26). The minimum atomic E-state index is -0.902. The minimum absolute atomic E-state index is 0.258. The van der Waals surface area contributed by atoms with E-state index in [4.69, 9.17) is 5.11 Å². The zero-order chi connectivity index (χ0) is 19.2. The number of nitrogens with one attached hydrogen (secondary N) is 2. The molecule has 136 valence electrons. The van der Waals surface area contributed by atoms with Gasteiger partial charge in [-0.3, -0.25) is 14.4 Å². The Balaban J connectivity index is 1.91. The van der Waals surface area contributed by atoms with Crippen LogP contribution in [0.4, 0.5) is 5.69 Å². The largest absolute Gasteiger partial charge is 0.481 e. The molecule has 0 radical (unpaired) electrons. The maximum Gasteiger partial charge on any atom is 0.309 e. The molecular formula is C20H22N2O4. The van der Waals surface area contributed by atoms with Crippen molar-refractivity contribution in [3.8, 4) is 0 Å². The molecule has 2 aromatic rings. The molecule has 0 fully saturated rings. The second-order valence-electron chi connectivity index (χ2n) is 6.59. The zero-order valence-corrected chi connectivity index (χ0v) is 14.8. The van der Waals surface area contributed by atoms with Gasteiger partial charge in [-0.1, -0.05) is 18.2 Å². The van der Waals surface area contributed by atoms with Crippen LogP contribution in [0.25, 0.3) is 0 Å². The number of rotatable bonds is 7. The van der Waals surface area contributed by atoms with E-state index in [2.05, 4.69) is 10.6 Å². The summed E-state index contributed by atoms with van der Waals surface area (Å²) in [6.07, 6.45) is 0.325. The number of amides is 2. The van der Waals surface area contributed by atoms with E-state index in [1.54, 1.807) is 50.2 Å². The van der Waals surface area contributed by atoms with E-state index in [0.29, 0.717) is 23.2 Å². The smallest absolute Gasteiger partial charge is 0.309 e. The van der Waals surface area contributed by atoms with Gasteiger partial charge < -0.3 is 15.7 Å². The molecule has 26 heavy (non-hydrogen) atoms. The first-order valence-corrected chi connectivity index (χ1v) is 8.28. The lowest BCUT2D eigenvalue weighted by molar-refractivity contribution is -0.147. The molecule has 0 saturated heterocycles. The van der Waals surface area contributed by atoms with Crippen molar-refractivity contribution in [3.05, 3.63) is 65.7 Å². The topological polar surface area (TPSA) is 95.5 Å². The van der Waals surface area contributed by atoms with Crippen molar-refractivity contribution in [3.63, 3.8) is 0 Å². The van der Waals surface area contributed by atoms with E-state index in [9.17, 15) is 14.4 Å². The number of anilines is 1. The van der Waals surface area contributed by atoms with E-state index in [0.717, 1.165) is 0 Å². The van der Waals surface area contributed by atoms with Crippen LogP contribution in [0.5, 0.6) is 0 Å². The summed E-state index contributed by atoms with van der Waals surface area (Å²) in [6.45, 7) is 3.48. The Kier molecular flexibility index (Phi) is 6.11. The molecule has 0 aromatic heterocycles. The second-order valence-corrected chi connectivity index (χ2v) is 6.59. The number of hydrogen-bond acceptors (Lipinski definition) is 3. The van der Waals surface area contributed by atoms with E-state index in [-0.39, 0.29) is 18.4 Å². The SMILES string of the molecule is CC(C)(CCNC(=O)c1ccc(C(=O)Nc2ccccc2)cc1)C(=O)O. The molecule has 2 amide bonds. The van der Waals surface area contributed by atoms with Crippen molar-refractivity contribution in [2.24, 2.45) is 5.41 Å². The van der Waals surface area contributed by atoms with Crippen LogP contribution in [-0.4, -0.2) is 29.4 Å². The van der Waals surface area contributed by atoms with Gasteiger partial charge in [0, 0.05) is 23.4 Å². The van der Waals surface area contributed by atoms with Gasteiger partial charge in [0.2, 0.25) is 0 Å². The highest BCUT2D eigenvalue weighted by molar-refractivity contribution is 6.05. The first-order valence-electron chi connectivity index (χ1n) is 8.28. The molecule has 0 saturated carbocycles. The summed E-state index contributed by atoms with van der Waals surface area (Å²) >= 11 is 0. The number of carbonyl (C=O) groups excluding carboxylic acids is 2. The molecule has 0 heterocycles.